The summed E-state index contributed by atoms with van der Waals surface area (Å²) in [6.45, 7) is 10.8. The van der Waals surface area contributed by atoms with Crippen LogP contribution in [0.15, 0.2) is 12.1 Å². The Morgan fingerprint density at radius 1 is 1.44 bits per heavy atom. The van der Waals surface area contributed by atoms with Crippen LogP contribution in [0.1, 0.15) is 50.8 Å². The van der Waals surface area contributed by atoms with Crippen molar-refractivity contribution in [1.29, 1.82) is 5.26 Å². The van der Waals surface area contributed by atoms with Crippen molar-refractivity contribution in [1.82, 2.24) is 0 Å². The third-order valence-corrected chi connectivity index (χ3v) is 4.15. The normalized spacial score (nSPS) is 13.5. The maximum Gasteiger partial charge on any atom is 0.214 e. The molecule has 1 unspecified atom stereocenters. The summed E-state index contributed by atoms with van der Waals surface area (Å²) in [6.07, 6.45) is 2.18. The first-order chi connectivity index (χ1) is 12.1. The average Bonchev–Trinajstić information content (AvgIpc) is 3.02. The molecular formula is C19H29N3O3. The lowest BCUT2D eigenvalue weighted by Crippen LogP contribution is -2.23. The number of ether oxygens (including phenoxy) is 1. The van der Waals surface area contributed by atoms with Gasteiger partial charge >= 0.3 is 0 Å². The number of nitrogens with zero attached hydrogens (tertiary/aromatic N) is 3. The highest BCUT2D eigenvalue weighted by molar-refractivity contribution is 5.68. The van der Waals surface area contributed by atoms with Crippen LogP contribution in [-0.2, 0) is 17.6 Å². The molecule has 6 nitrogen and oxygen atoms in total. The summed E-state index contributed by atoms with van der Waals surface area (Å²) in [5.41, 5.74) is 3.63. The van der Waals surface area contributed by atoms with E-state index in [0.29, 0.717) is 12.0 Å². The largest absolute Gasteiger partial charge is 0.382 e. The highest BCUT2D eigenvalue weighted by Gasteiger charge is 2.24. The molecule has 6 heteroatoms. The van der Waals surface area contributed by atoms with Crippen LogP contribution in [0.25, 0.3) is 0 Å². The van der Waals surface area contributed by atoms with Gasteiger partial charge in [0.15, 0.2) is 0 Å². The molecule has 0 aromatic heterocycles. The Hall–Kier alpha value is -2.13. The highest BCUT2D eigenvalue weighted by Crippen LogP contribution is 2.33. The molecular weight excluding hydrogens is 318 g/mol. The van der Waals surface area contributed by atoms with Gasteiger partial charge in [-0.15, -0.1) is 0 Å². The zero-order valence-corrected chi connectivity index (χ0v) is 15.7. The molecule has 1 heterocycles. The van der Waals surface area contributed by atoms with Crippen LogP contribution in [0.3, 0.4) is 0 Å². The van der Waals surface area contributed by atoms with Gasteiger partial charge < -0.3 is 9.64 Å². The summed E-state index contributed by atoms with van der Waals surface area (Å²) in [4.78, 5) is 12.8. The van der Waals surface area contributed by atoms with Gasteiger partial charge in [-0.05, 0) is 37.0 Å². The molecule has 2 rings (SSSR count). The van der Waals surface area contributed by atoms with Gasteiger partial charge in [-0.1, -0.05) is 19.9 Å². The molecule has 0 bridgehead atoms. The summed E-state index contributed by atoms with van der Waals surface area (Å²) in [5.74, 6) is 0. The van der Waals surface area contributed by atoms with E-state index in [9.17, 15) is 15.4 Å². The second-order valence-corrected chi connectivity index (χ2v) is 5.89. The van der Waals surface area contributed by atoms with Crippen LogP contribution in [0.2, 0.25) is 0 Å². The summed E-state index contributed by atoms with van der Waals surface area (Å²) in [5, 5.41) is 20.3. The molecule has 0 radical (unpaired) electrons. The first kappa shape index (κ1) is 20.9. The van der Waals surface area contributed by atoms with E-state index in [1.54, 1.807) is 13.0 Å². The number of rotatable bonds is 8. The Labute approximate surface area is 150 Å². The number of nitro groups is 1. The molecule has 0 aliphatic carbocycles. The molecule has 0 spiro atoms. The Kier molecular flexibility index (Phi) is 8.93. The maximum atomic E-state index is 10.8. The van der Waals surface area contributed by atoms with Gasteiger partial charge in [0.1, 0.15) is 6.07 Å². The minimum absolute atomic E-state index is 0.278. The molecule has 1 aromatic carbocycles. The minimum Gasteiger partial charge on any atom is -0.382 e. The van der Waals surface area contributed by atoms with Gasteiger partial charge in [0, 0.05) is 44.6 Å². The smallest absolute Gasteiger partial charge is 0.214 e. The van der Waals surface area contributed by atoms with Crippen molar-refractivity contribution in [3.63, 3.8) is 0 Å². The molecule has 0 amide bonds. The van der Waals surface area contributed by atoms with Gasteiger partial charge in [0.25, 0.3) is 0 Å². The number of nitriles is 1. The second-order valence-electron chi connectivity index (χ2n) is 5.89. The number of hydrogen-bond acceptors (Lipinski definition) is 5. The van der Waals surface area contributed by atoms with E-state index in [-0.39, 0.29) is 4.92 Å². The van der Waals surface area contributed by atoms with Crippen LogP contribution in [-0.4, -0.2) is 37.3 Å². The molecule has 0 saturated heterocycles. The van der Waals surface area contributed by atoms with E-state index in [0.717, 1.165) is 56.0 Å². The molecule has 1 aliphatic heterocycles. The van der Waals surface area contributed by atoms with Crippen molar-refractivity contribution in [2.24, 2.45) is 0 Å². The summed E-state index contributed by atoms with van der Waals surface area (Å²) in [7, 11) is 0. The molecule has 1 aliphatic rings. The quantitative estimate of drug-likeness (QED) is 0.408. The average molecular weight is 347 g/mol. The van der Waals surface area contributed by atoms with Crippen molar-refractivity contribution in [2.45, 2.75) is 53.0 Å². The summed E-state index contributed by atoms with van der Waals surface area (Å²) in [6, 6.07) is 5.45. The van der Waals surface area contributed by atoms with Crippen LogP contribution >= 0.6 is 0 Å². The third-order valence-electron chi connectivity index (χ3n) is 4.15. The van der Waals surface area contributed by atoms with Crippen molar-refractivity contribution in [2.75, 3.05) is 31.2 Å². The summed E-state index contributed by atoms with van der Waals surface area (Å²) >= 11 is 0. The molecule has 1 atom stereocenters. The Balaban J connectivity index is 0.00000151. The number of benzene rings is 1. The Morgan fingerprint density at radius 2 is 2.16 bits per heavy atom. The van der Waals surface area contributed by atoms with E-state index >= 15 is 0 Å². The first-order valence-electron chi connectivity index (χ1n) is 9.08. The van der Waals surface area contributed by atoms with Crippen LogP contribution in [0, 0.1) is 21.4 Å². The molecule has 138 valence electrons. The van der Waals surface area contributed by atoms with Gasteiger partial charge in [0.2, 0.25) is 6.04 Å². The van der Waals surface area contributed by atoms with Crippen molar-refractivity contribution < 1.29 is 9.66 Å². The fourth-order valence-corrected chi connectivity index (χ4v) is 3.04. The number of hydrogen-bond donors (Lipinski definition) is 0. The van der Waals surface area contributed by atoms with Crippen molar-refractivity contribution in [3.05, 3.63) is 38.9 Å². The van der Waals surface area contributed by atoms with Gasteiger partial charge in [0.05, 0.1) is 11.3 Å². The SMILES string of the molecule is CC.CCOCCCN1CCc2cc(CC(C)[N+](=O)[O-])cc(C#N)c21. The molecule has 0 saturated carbocycles. The van der Waals surface area contributed by atoms with Crippen LogP contribution in [0.5, 0.6) is 0 Å². The fourth-order valence-electron chi connectivity index (χ4n) is 3.04. The maximum absolute atomic E-state index is 10.8. The zero-order valence-electron chi connectivity index (χ0n) is 15.7. The van der Waals surface area contributed by atoms with E-state index in [1.807, 2.05) is 26.8 Å². The number of fused-ring (bicyclic) bond motifs is 1. The molecule has 0 fully saturated rings. The van der Waals surface area contributed by atoms with E-state index in [2.05, 4.69) is 11.0 Å². The monoisotopic (exact) mass is 347 g/mol. The number of anilines is 1. The first-order valence-corrected chi connectivity index (χ1v) is 9.08. The Bertz CT molecular complexity index is 611. The van der Waals surface area contributed by atoms with Crippen molar-refractivity contribution in [3.8, 4) is 6.07 Å². The molecule has 0 N–H and O–H groups in total. The highest BCUT2D eigenvalue weighted by atomic mass is 16.6. The standard InChI is InChI=1S/C17H23N3O3.C2H6/c1-3-23-8-4-6-19-7-5-15-10-14(9-13(2)20(21)22)11-16(12-18)17(15)19;1-2/h10-11,13H,3-9H2,1-2H3;1-2H3. The van der Waals surface area contributed by atoms with Crippen molar-refractivity contribution >= 4 is 5.69 Å². The van der Waals surface area contributed by atoms with Crippen LogP contribution in [0.4, 0.5) is 5.69 Å². The zero-order chi connectivity index (χ0) is 18.8. The predicted octanol–water partition coefficient (Wildman–Crippen LogP) is 3.58. The van der Waals surface area contributed by atoms with Crippen LogP contribution < -0.4 is 4.90 Å². The lowest BCUT2D eigenvalue weighted by atomic mass is 9.99. The lowest BCUT2D eigenvalue weighted by molar-refractivity contribution is -0.517. The van der Waals surface area contributed by atoms with Gasteiger partial charge in [-0.3, -0.25) is 10.1 Å². The molecule has 1 aromatic rings. The van der Waals surface area contributed by atoms with E-state index in [1.165, 1.54) is 0 Å². The van der Waals surface area contributed by atoms with Gasteiger partial charge in [-0.2, -0.15) is 5.26 Å². The Morgan fingerprint density at radius 3 is 2.76 bits per heavy atom. The fraction of sp³-hybridized carbons (Fsp3) is 0.632. The topological polar surface area (TPSA) is 79.4 Å². The second kappa shape index (κ2) is 10.7. The van der Waals surface area contributed by atoms with E-state index < -0.39 is 6.04 Å². The van der Waals surface area contributed by atoms with Gasteiger partial charge in [-0.25, -0.2) is 0 Å². The predicted molar refractivity (Wildman–Crippen MR) is 99.7 cm³/mol. The minimum atomic E-state index is -0.636. The molecule has 25 heavy (non-hydrogen) atoms. The third kappa shape index (κ3) is 5.71. The van der Waals surface area contributed by atoms with E-state index in [4.69, 9.17) is 4.74 Å². The summed E-state index contributed by atoms with van der Waals surface area (Å²) < 4.78 is 5.37. The lowest BCUT2D eigenvalue weighted by Gasteiger charge is -2.21.